The summed E-state index contributed by atoms with van der Waals surface area (Å²) in [6, 6.07) is 5.74. The molecule has 0 spiro atoms. The van der Waals surface area contributed by atoms with Crippen LogP contribution in [0.15, 0.2) is 29.2 Å². The van der Waals surface area contributed by atoms with Gasteiger partial charge in [0.1, 0.15) is 0 Å². The molecule has 19 heavy (non-hydrogen) atoms. The average Bonchev–Trinajstić information content (AvgIpc) is 2.43. The number of rotatable bonds is 5. The molecule has 102 valence electrons. The molecule has 6 heteroatoms. The molecule has 5 nitrogen and oxygen atoms in total. The van der Waals surface area contributed by atoms with Gasteiger partial charge in [0, 0.05) is 19.2 Å². The highest BCUT2D eigenvalue weighted by molar-refractivity contribution is 7.89. The van der Waals surface area contributed by atoms with Crippen LogP contribution in [0, 0.1) is 12.3 Å². The van der Waals surface area contributed by atoms with E-state index in [0.717, 1.165) is 0 Å². The Morgan fingerprint density at radius 3 is 2.42 bits per heavy atom. The van der Waals surface area contributed by atoms with Crippen molar-refractivity contribution in [3.8, 4) is 12.3 Å². The summed E-state index contributed by atoms with van der Waals surface area (Å²) in [4.78, 5) is 13.5. The van der Waals surface area contributed by atoms with Gasteiger partial charge in [-0.05, 0) is 31.2 Å². The molecule has 1 amide bonds. The Kier molecular flexibility index (Phi) is 5.10. The molecule has 0 unspecified atom stereocenters. The number of amides is 1. The van der Waals surface area contributed by atoms with Gasteiger partial charge in [0.25, 0.3) is 5.91 Å². The first-order valence-electron chi connectivity index (χ1n) is 5.71. The maximum Gasteiger partial charge on any atom is 0.253 e. The zero-order valence-corrected chi connectivity index (χ0v) is 11.7. The first-order valence-corrected chi connectivity index (χ1v) is 7.19. The molecule has 0 aliphatic carbocycles. The molecule has 0 bridgehead atoms. The molecule has 0 aliphatic heterocycles. The van der Waals surface area contributed by atoms with E-state index < -0.39 is 10.0 Å². The zero-order valence-electron chi connectivity index (χ0n) is 10.9. The Hall–Kier alpha value is -1.84. The van der Waals surface area contributed by atoms with Crippen molar-refractivity contribution < 1.29 is 13.2 Å². The SMILES string of the molecule is C#CCNS(=O)(=O)c1ccc(C(=O)N(C)CC)cc1. The summed E-state index contributed by atoms with van der Waals surface area (Å²) < 4.78 is 25.8. The normalized spacial score (nSPS) is 10.8. The first-order chi connectivity index (χ1) is 8.92. The van der Waals surface area contributed by atoms with Crippen LogP contribution in [-0.2, 0) is 10.0 Å². The summed E-state index contributed by atoms with van der Waals surface area (Å²) in [6.45, 7) is 2.38. The Bertz CT molecular complexity index is 585. The maximum absolute atomic E-state index is 11.8. The molecule has 0 fully saturated rings. The van der Waals surface area contributed by atoms with Gasteiger partial charge < -0.3 is 4.90 Å². The van der Waals surface area contributed by atoms with Crippen molar-refractivity contribution in [3.05, 3.63) is 29.8 Å². The molecule has 1 aromatic carbocycles. The lowest BCUT2D eigenvalue weighted by Crippen LogP contribution is -2.26. The largest absolute Gasteiger partial charge is 0.342 e. The van der Waals surface area contributed by atoms with Crippen LogP contribution in [0.25, 0.3) is 0 Å². The van der Waals surface area contributed by atoms with E-state index in [1.54, 1.807) is 11.9 Å². The van der Waals surface area contributed by atoms with Crippen molar-refractivity contribution in [2.24, 2.45) is 0 Å². The summed E-state index contributed by atoms with van der Waals surface area (Å²) in [5.41, 5.74) is 0.445. The molecule has 0 atom stereocenters. The number of carbonyl (C=O) groups is 1. The highest BCUT2D eigenvalue weighted by Gasteiger charge is 2.15. The second-order valence-corrected chi connectivity index (χ2v) is 5.64. The second kappa shape index (κ2) is 6.36. The Balaban J connectivity index is 2.94. The van der Waals surface area contributed by atoms with E-state index in [0.29, 0.717) is 12.1 Å². The lowest BCUT2D eigenvalue weighted by atomic mass is 10.2. The Morgan fingerprint density at radius 2 is 1.95 bits per heavy atom. The van der Waals surface area contributed by atoms with Crippen LogP contribution >= 0.6 is 0 Å². The van der Waals surface area contributed by atoms with Gasteiger partial charge in [0.05, 0.1) is 11.4 Å². The van der Waals surface area contributed by atoms with Crippen LogP contribution in [0.5, 0.6) is 0 Å². The fourth-order valence-corrected chi connectivity index (χ4v) is 2.30. The van der Waals surface area contributed by atoms with E-state index in [1.807, 2.05) is 6.92 Å². The van der Waals surface area contributed by atoms with Crippen LogP contribution in [0.4, 0.5) is 0 Å². The number of terminal acetylenes is 1. The van der Waals surface area contributed by atoms with E-state index in [4.69, 9.17) is 6.42 Å². The van der Waals surface area contributed by atoms with Gasteiger partial charge in [-0.3, -0.25) is 4.79 Å². The van der Waals surface area contributed by atoms with Crippen LogP contribution in [0.2, 0.25) is 0 Å². The van der Waals surface area contributed by atoms with E-state index >= 15 is 0 Å². The third kappa shape index (κ3) is 3.81. The van der Waals surface area contributed by atoms with Crippen molar-refractivity contribution in [3.63, 3.8) is 0 Å². The molecule has 0 radical (unpaired) electrons. The van der Waals surface area contributed by atoms with E-state index in [9.17, 15) is 13.2 Å². The molecule has 1 rings (SSSR count). The lowest BCUT2D eigenvalue weighted by molar-refractivity contribution is 0.0802. The van der Waals surface area contributed by atoms with Gasteiger partial charge in [0.15, 0.2) is 0 Å². The molecule has 0 aromatic heterocycles. The average molecular weight is 280 g/mol. The fraction of sp³-hybridized carbons (Fsp3) is 0.308. The number of carbonyl (C=O) groups excluding carboxylic acids is 1. The predicted molar refractivity (Wildman–Crippen MR) is 73.1 cm³/mol. The minimum atomic E-state index is -3.61. The predicted octanol–water partition coefficient (Wildman–Crippen LogP) is 0.690. The highest BCUT2D eigenvalue weighted by atomic mass is 32.2. The van der Waals surface area contributed by atoms with Gasteiger partial charge in [-0.2, -0.15) is 4.72 Å². The first kappa shape index (κ1) is 15.2. The van der Waals surface area contributed by atoms with E-state index in [2.05, 4.69) is 10.6 Å². The van der Waals surface area contributed by atoms with Crippen molar-refractivity contribution in [1.82, 2.24) is 9.62 Å². The van der Waals surface area contributed by atoms with Crippen LogP contribution in [0.1, 0.15) is 17.3 Å². The molecular formula is C13H16N2O3S. The van der Waals surface area contributed by atoms with Crippen molar-refractivity contribution >= 4 is 15.9 Å². The monoisotopic (exact) mass is 280 g/mol. The standard InChI is InChI=1S/C13H16N2O3S/c1-4-10-14-19(17,18)12-8-6-11(7-9-12)13(16)15(3)5-2/h1,6-9,14H,5,10H2,2-3H3. The number of hydrogen-bond donors (Lipinski definition) is 1. The maximum atomic E-state index is 11.8. The molecule has 1 N–H and O–H groups in total. The Labute approximate surface area is 113 Å². The van der Waals surface area contributed by atoms with Crippen molar-refractivity contribution in [1.29, 1.82) is 0 Å². The van der Waals surface area contributed by atoms with Gasteiger partial charge in [-0.1, -0.05) is 5.92 Å². The summed E-state index contributed by atoms with van der Waals surface area (Å²) >= 11 is 0. The third-order valence-electron chi connectivity index (χ3n) is 2.60. The second-order valence-electron chi connectivity index (χ2n) is 3.87. The molecule has 0 saturated heterocycles. The van der Waals surface area contributed by atoms with E-state index in [-0.39, 0.29) is 17.3 Å². The van der Waals surface area contributed by atoms with Gasteiger partial charge in [-0.15, -0.1) is 6.42 Å². The van der Waals surface area contributed by atoms with Crippen LogP contribution in [0.3, 0.4) is 0 Å². The number of hydrogen-bond acceptors (Lipinski definition) is 3. The Morgan fingerprint density at radius 1 is 1.37 bits per heavy atom. The van der Waals surface area contributed by atoms with Crippen LogP contribution in [-0.4, -0.2) is 39.4 Å². The van der Waals surface area contributed by atoms with E-state index in [1.165, 1.54) is 24.3 Å². The number of nitrogens with one attached hydrogen (secondary N) is 1. The summed E-state index contributed by atoms with van der Waals surface area (Å²) in [7, 11) is -1.93. The van der Waals surface area contributed by atoms with Crippen molar-refractivity contribution in [2.45, 2.75) is 11.8 Å². The zero-order chi connectivity index (χ0) is 14.5. The minimum Gasteiger partial charge on any atom is -0.342 e. The summed E-state index contributed by atoms with van der Waals surface area (Å²) in [5.74, 6) is 2.04. The van der Waals surface area contributed by atoms with Gasteiger partial charge >= 0.3 is 0 Å². The fourth-order valence-electron chi connectivity index (χ4n) is 1.36. The number of sulfonamides is 1. The lowest BCUT2D eigenvalue weighted by Gasteiger charge is -2.14. The topological polar surface area (TPSA) is 66.5 Å². The van der Waals surface area contributed by atoms with Gasteiger partial charge in [-0.25, -0.2) is 8.42 Å². The molecule has 0 saturated carbocycles. The quantitative estimate of drug-likeness (QED) is 0.807. The smallest absolute Gasteiger partial charge is 0.253 e. The van der Waals surface area contributed by atoms with Gasteiger partial charge in [0.2, 0.25) is 10.0 Å². The molecule has 0 aliphatic rings. The third-order valence-corrected chi connectivity index (χ3v) is 4.01. The molecular weight excluding hydrogens is 264 g/mol. The van der Waals surface area contributed by atoms with Crippen molar-refractivity contribution in [2.75, 3.05) is 20.1 Å². The summed E-state index contributed by atoms with van der Waals surface area (Å²) in [6.07, 6.45) is 5.00. The number of benzene rings is 1. The highest BCUT2D eigenvalue weighted by Crippen LogP contribution is 2.11. The van der Waals surface area contributed by atoms with Crippen LogP contribution < -0.4 is 4.72 Å². The number of nitrogens with zero attached hydrogens (tertiary/aromatic N) is 1. The molecule has 1 aromatic rings. The minimum absolute atomic E-state index is 0.0679. The summed E-state index contributed by atoms with van der Waals surface area (Å²) in [5, 5.41) is 0. The molecule has 0 heterocycles.